The van der Waals surface area contributed by atoms with Gasteiger partial charge < -0.3 is 14.9 Å². The van der Waals surface area contributed by atoms with Crippen molar-refractivity contribution in [1.29, 1.82) is 0 Å². The van der Waals surface area contributed by atoms with Gasteiger partial charge in [0.2, 0.25) is 0 Å². The standard InChI is InChI=1S/C10H12O5/c1-2-15-7-4-3-5-10(6-7,8(11)12)9(13)14/h3-4,6H,2,5H2,1H3,(H,11,12)(H,13,14). The number of carboxylic acids is 2. The van der Waals surface area contributed by atoms with E-state index in [-0.39, 0.29) is 12.2 Å². The first-order valence-corrected chi connectivity index (χ1v) is 4.52. The maximum absolute atomic E-state index is 11.0. The third-order valence-corrected chi connectivity index (χ3v) is 2.18. The van der Waals surface area contributed by atoms with Gasteiger partial charge in [0.05, 0.1) is 6.61 Å². The van der Waals surface area contributed by atoms with Crippen LogP contribution in [0.5, 0.6) is 0 Å². The number of carbonyl (C=O) groups is 2. The molecule has 5 nitrogen and oxygen atoms in total. The Kier molecular flexibility index (Phi) is 3.14. The fraction of sp³-hybridized carbons (Fsp3) is 0.400. The van der Waals surface area contributed by atoms with Gasteiger partial charge in [-0.3, -0.25) is 9.59 Å². The van der Waals surface area contributed by atoms with E-state index < -0.39 is 17.4 Å². The lowest BCUT2D eigenvalue weighted by atomic mass is 9.81. The zero-order valence-corrected chi connectivity index (χ0v) is 8.27. The first-order valence-electron chi connectivity index (χ1n) is 4.52. The number of allylic oxidation sites excluding steroid dienone is 2. The van der Waals surface area contributed by atoms with Gasteiger partial charge in [-0.1, -0.05) is 6.08 Å². The first-order chi connectivity index (χ1) is 7.03. The summed E-state index contributed by atoms with van der Waals surface area (Å²) in [6.07, 6.45) is 4.15. The van der Waals surface area contributed by atoms with Gasteiger partial charge in [-0.25, -0.2) is 0 Å². The quantitative estimate of drug-likeness (QED) is 0.680. The molecular formula is C10H12O5. The molecule has 0 spiro atoms. The summed E-state index contributed by atoms with van der Waals surface area (Å²) in [6.45, 7) is 2.11. The molecule has 0 radical (unpaired) electrons. The van der Waals surface area contributed by atoms with Gasteiger partial charge >= 0.3 is 11.9 Å². The summed E-state index contributed by atoms with van der Waals surface area (Å²) in [5, 5.41) is 17.9. The van der Waals surface area contributed by atoms with Crippen LogP contribution in [0.2, 0.25) is 0 Å². The lowest BCUT2D eigenvalue weighted by molar-refractivity contribution is -0.160. The Morgan fingerprint density at radius 3 is 2.53 bits per heavy atom. The van der Waals surface area contributed by atoms with E-state index >= 15 is 0 Å². The van der Waals surface area contributed by atoms with Crippen LogP contribution in [0.1, 0.15) is 13.3 Å². The van der Waals surface area contributed by atoms with Gasteiger partial charge in [-0.05, 0) is 25.5 Å². The van der Waals surface area contributed by atoms with Crippen molar-refractivity contribution in [2.24, 2.45) is 5.41 Å². The van der Waals surface area contributed by atoms with E-state index in [1.54, 1.807) is 13.0 Å². The number of aliphatic carboxylic acids is 2. The monoisotopic (exact) mass is 212 g/mol. The van der Waals surface area contributed by atoms with E-state index in [4.69, 9.17) is 14.9 Å². The summed E-state index contributed by atoms with van der Waals surface area (Å²) < 4.78 is 5.09. The van der Waals surface area contributed by atoms with Gasteiger partial charge in [0, 0.05) is 0 Å². The van der Waals surface area contributed by atoms with Gasteiger partial charge in [0.15, 0.2) is 5.41 Å². The second kappa shape index (κ2) is 4.16. The highest BCUT2D eigenvalue weighted by Gasteiger charge is 2.45. The molecule has 0 amide bonds. The van der Waals surface area contributed by atoms with Crippen molar-refractivity contribution in [3.63, 3.8) is 0 Å². The average molecular weight is 212 g/mol. The first kappa shape index (κ1) is 11.3. The van der Waals surface area contributed by atoms with Crippen LogP contribution in [-0.4, -0.2) is 28.8 Å². The van der Waals surface area contributed by atoms with E-state index in [1.165, 1.54) is 6.08 Å². The maximum Gasteiger partial charge on any atom is 0.325 e. The molecular weight excluding hydrogens is 200 g/mol. The van der Waals surface area contributed by atoms with Crippen molar-refractivity contribution < 1.29 is 24.5 Å². The van der Waals surface area contributed by atoms with Gasteiger partial charge in [0.1, 0.15) is 5.76 Å². The minimum Gasteiger partial charge on any atom is -0.494 e. The molecule has 5 heteroatoms. The molecule has 0 heterocycles. The summed E-state index contributed by atoms with van der Waals surface area (Å²) in [5.41, 5.74) is -1.89. The summed E-state index contributed by atoms with van der Waals surface area (Å²) in [7, 11) is 0. The SMILES string of the molecule is CCOC1=CC(C(=O)O)(C(=O)O)CC=C1. The predicted octanol–water partition coefficient (Wildman–Crippen LogP) is 1.02. The van der Waals surface area contributed by atoms with Crippen LogP contribution < -0.4 is 0 Å². The summed E-state index contributed by atoms with van der Waals surface area (Å²) >= 11 is 0. The maximum atomic E-state index is 11.0. The van der Waals surface area contributed by atoms with E-state index in [0.29, 0.717) is 6.61 Å². The van der Waals surface area contributed by atoms with Crippen LogP contribution >= 0.6 is 0 Å². The lowest BCUT2D eigenvalue weighted by Crippen LogP contribution is -2.38. The molecule has 1 rings (SSSR count). The smallest absolute Gasteiger partial charge is 0.325 e. The van der Waals surface area contributed by atoms with Crippen molar-refractivity contribution in [2.75, 3.05) is 6.61 Å². The van der Waals surface area contributed by atoms with Gasteiger partial charge in [0.25, 0.3) is 0 Å². The molecule has 1 aliphatic carbocycles. The van der Waals surface area contributed by atoms with Crippen LogP contribution in [0.4, 0.5) is 0 Å². The summed E-state index contributed by atoms with van der Waals surface area (Å²) in [5.74, 6) is -2.47. The molecule has 0 bridgehead atoms. The zero-order valence-electron chi connectivity index (χ0n) is 8.27. The highest BCUT2D eigenvalue weighted by atomic mass is 16.5. The third kappa shape index (κ3) is 2.01. The highest BCUT2D eigenvalue weighted by Crippen LogP contribution is 2.31. The molecule has 82 valence electrons. The Labute approximate surface area is 86.7 Å². The molecule has 0 saturated carbocycles. The Hall–Kier alpha value is -1.78. The molecule has 0 aromatic heterocycles. The number of hydrogen-bond donors (Lipinski definition) is 2. The number of hydrogen-bond acceptors (Lipinski definition) is 3. The van der Waals surface area contributed by atoms with E-state index in [1.807, 2.05) is 0 Å². The number of carboxylic acid groups (broad SMARTS) is 2. The van der Waals surface area contributed by atoms with Crippen LogP contribution in [0.3, 0.4) is 0 Å². The molecule has 0 aromatic rings. The number of ether oxygens (including phenoxy) is 1. The highest BCUT2D eigenvalue weighted by molar-refractivity contribution is 6.01. The fourth-order valence-electron chi connectivity index (χ4n) is 1.36. The third-order valence-electron chi connectivity index (χ3n) is 2.18. The van der Waals surface area contributed by atoms with Crippen LogP contribution in [0.25, 0.3) is 0 Å². The molecule has 0 aromatic carbocycles. The number of rotatable bonds is 4. The van der Waals surface area contributed by atoms with Crippen molar-refractivity contribution >= 4 is 11.9 Å². The van der Waals surface area contributed by atoms with E-state index in [0.717, 1.165) is 6.08 Å². The second-order valence-electron chi connectivity index (χ2n) is 3.17. The molecule has 0 unspecified atom stereocenters. The van der Waals surface area contributed by atoms with Crippen molar-refractivity contribution in [3.05, 3.63) is 24.0 Å². The molecule has 2 N–H and O–H groups in total. The van der Waals surface area contributed by atoms with Gasteiger partial charge in [-0.2, -0.15) is 0 Å². The Morgan fingerprint density at radius 2 is 2.07 bits per heavy atom. The normalized spacial score (nSPS) is 18.1. The Bertz CT molecular complexity index is 326. The zero-order chi connectivity index (χ0) is 11.5. The van der Waals surface area contributed by atoms with E-state index in [9.17, 15) is 9.59 Å². The van der Waals surface area contributed by atoms with Gasteiger partial charge in [-0.15, -0.1) is 0 Å². The van der Waals surface area contributed by atoms with Crippen molar-refractivity contribution in [3.8, 4) is 0 Å². The van der Waals surface area contributed by atoms with Crippen molar-refractivity contribution in [1.82, 2.24) is 0 Å². The second-order valence-corrected chi connectivity index (χ2v) is 3.17. The molecule has 0 saturated heterocycles. The largest absolute Gasteiger partial charge is 0.494 e. The van der Waals surface area contributed by atoms with Crippen molar-refractivity contribution in [2.45, 2.75) is 13.3 Å². The van der Waals surface area contributed by atoms with E-state index in [2.05, 4.69) is 0 Å². The summed E-state index contributed by atoms with van der Waals surface area (Å²) in [6, 6.07) is 0. The topological polar surface area (TPSA) is 83.8 Å². The Morgan fingerprint density at radius 1 is 1.47 bits per heavy atom. The summed E-state index contributed by atoms with van der Waals surface area (Å²) in [4.78, 5) is 21.9. The van der Waals surface area contributed by atoms with Crippen LogP contribution in [-0.2, 0) is 14.3 Å². The lowest BCUT2D eigenvalue weighted by Gasteiger charge is -2.23. The van der Waals surface area contributed by atoms with Crippen LogP contribution in [0.15, 0.2) is 24.0 Å². The molecule has 0 aliphatic heterocycles. The minimum absolute atomic E-state index is 0.0613. The molecule has 0 atom stereocenters. The van der Waals surface area contributed by atoms with Crippen LogP contribution in [0, 0.1) is 5.41 Å². The fourth-order valence-corrected chi connectivity index (χ4v) is 1.36. The molecule has 15 heavy (non-hydrogen) atoms. The molecule has 1 aliphatic rings. The Balaban J connectivity index is 3.07. The average Bonchev–Trinajstić information content (AvgIpc) is 2.18. The molecule has 0 fully saturated rings. The minimum atomic E-state index is -1.89. The predicted molar refractivity (Wildman–Crippen MR) is 51.2 cm³/mol.